The maximum absolute atomic E-state index is 12.4. The third kappa shape index (κ3) is 4.61. The van der Waals surface area contributed by atoms with Gasteiger partial charge in [-0.2, -0.15) is 0 Å². The van der Waals surface area contributed by atoms with Gasteiger partial charge in [-0.15, -0.1) is 0 Å². The monoisotopic (exact) mass is 320 g/mol. The number of nitrogens with zero attached hydrogens (tertiary/aromatic N) is 1. The van der Waals surface area contributed by atoms with Gasteiger partial charge < -0.3 is 20.1 Å². The first kappa shape index (κ1) is 17.1. The number of methoxy groups -OCH3 is 2. The molecule has 0 aliphatic carbocycles. The van der Waals surface area contributed by atoms with Crippen molar-refractivity contribution in [1.82, 2.24) is 4.90 Å². The fourth-order valence-corrected chi connectivity index (χ4v) is 2.86. The van der Waals surface area contributed by atoms with E-state index >= 15 is 0 Å². The Balaban J connectivity index is 1.95. The molecule has 0 radical (unpaired) electrons. The van der Waals surface area contributed by atoms with Crippen LogP contribution in [0.2, 0.25) is 0 Å². The Bertz CT molecular complexity index is 551. The third-order valence-electron chi connectivity index (χ3n) is 4.22. The SMILES string of the molecule is COc1cc(CCC(=O)N2CCCC(C(N)=O)C2)cc(OC)c1. The molecule has 1 aromatic rings. The van der Waals surface area contributed by atoms with Crippen LogP contribution in [0.1, 0.15) is 24.8 Å². The summed E-state index contributed by atoms with van der Waals surface area (Å²) >= 11 is 0. The number of hydrogen-bond acceptors (Lipinski definition) is 4. The van der Waals surface area contributed by atoms with Crippen LogP contribution in [0.15, 0.2) is 18.2 Å². The van der Waals surface area contributed by atoms with Gasteiger partial charge in [0, 0.05) is 25.6 Å². The van der Waals surface area contributed by atoms with E-state index in [1.807, 2.05) is 12.1 Å². The molecule has 2 N–H and O–H groups in total. The van der Waals surface area contributed by atoms with Crippen molar-refractivity contribution in [3.8, 4) is 11.5 Å². The Kier molecular flexibility index (Phi) is 5.84. The topological polar surface area (TPSA) is 81.9 Å². The molecule has 2 rings (SSSR count). The molecule has 2 amide bonds. The van der Waals surface area contributed by atoms with Crippen molar-refractivity contribution in [3.05, 3.63) is 23.8 Å². The molecule has 0 aromatic heterocycles. The fraction of sp³-hybridized carbons (Fsp3) is 0.529. The lowest BCUT2D eigenvalue weighted by molar-refractivity contribution is -0.134. The summed E-state index contributed by atoms with van der Waals surface area (Å²) in [6.07, 6.45) is 2.59. The van der Waals surface area contributed by atoms with Crippen LogP contribution < -0.4 is 15.2 Å². The van der Waals surface area contributed by atoms with Gasteiger partial charge in [0.2, 0.25) is 11.8 Å². The van der Waals surface area contributed by atoms with E-state index in [2.05, 4.69) is 0 Å². The van der Waals surface area contributed by atoms with Gasteiger partial charge in [0.25, 0.3) is 0 Å². The summed E-state index contributed by atoms with van der Waals surface area (Å²) < 4.78 is 10.5. The summed E-state index contributed by atoms with van der Waals surface area (Å²) in [5.74, 6) is 0.930. The molecule has 1 aromatic carbocycles. The van der Waals surface area contributed by atoms with Crippen LogP contribution in [-0.2, 0) is 16.0 Å². The number of benzene rings is 1. The first-order valence-corrected chi connectivity index (χ1v) is 7.82. The van der Waals surface area contributed by atoms with Gasteiger partial charge in [0.05, 0.1) is 20.1 Å². The number of primary amides is 1. The quantitative estimate of drug-likeness (QED) is 0.858. The highest BCUT2D eigenvalue weighted by molar-refractivity contribution is 5.80. The summed E-state index contributed by atoms with van der Waals surface area (Å²) in [7, 11) is 3.20. The van der Waals surface area contributed by atoms with Crippen LogP contribution in [0, 0.1) is 5.92 Å². The van der Waals surface area contributed by atoms with Gasteiger partial charge in [0.1, 0.15) is 11.5 Å². The average molecular weight is 320 g/mol. The smallest absolute Gasteiger partial charge is 0.222 e. The summed E-state index contributed by atoms with van der Waals surface area (Å²) in [6, 6.07) is 5.60. The molecule has 0 bridgehead atoms. The van der Waals surface area contributed by atoms with Gasteiger partial charge in [-0.1, -0.05) is 0 Å². The summed E-state index contributed by atoms with van der Waals surface area (Å²) in [5, 5.41) is 0. The molecule has 1 saturated heterocycles. The number of hydrogen-bond donors (Lipinski definition) is 1. The van der Waals surface area contributed by atoms with Gasteiger partial charge >= 0.3 is 0 Å². The van der Waals surface area contributed by atoms with E-state index in [-0.39, 0.29) is 17.7 Å². The molecule has 6 nitrogen and oxygen atoms in total. The molecule has 1 aliphatic rings. The fourth-order valence-electron chi connectivity index (χ4n) is 2.86. The molecule has 0 spiro atoms. The van der Waals surface area contributed by atoms with E-state index in [4.69, 9.17) is 15.2 Å². The molecule has 1 heterocycles. The average Bonchev–Trinajstić information content (AvgIpc) is 2.59. The van der Waals surface area contributed by atoms with Gasteiger partial charge in [-0.25, -0.2) is 0 Å². The summed E-state index contributed by atoms with van der Waals surface area (Å²) in [5.41, 5.74) is 6.34. The second kappa shape index (κ2) is 7.85. The third-order valence-corrected chi connectivity index (χ3v) is 4.22. The maximum Gasteiger partial charge on any atom is 0.222 e. The van der Waals surface area contributed by atoms with Crippen LogP contribution in [0.3, 0.4) is 0 Å². The normalized spacial score (nSPS) is 17.7. The minimum absolute atomic E-state index is 0.0535. The van der Waals surface area contributed by atoms with Crippen molar-refractivity contribution in [2.24, 2.45) is 11.7 Å². The van der Waals surface area contributed by atoms with Crippen LogP contribution in [0.4, 0.5) is 0 Å². The van der Waals surface area contributed by atoms with Crippen LogP contribution in [-0.4, -0.2) is 44.0 Å². The standard InChI is InChI=1S/C17H24N2O4/c1-22-14-8-12(9-15(10-14)23-2)5-6-16(20)19-7-3-4-13(11-19)17(18)21/h8-10,13H,3-7,11H2,1-2H3,(H2,18,21). The lowest BCUT2D eigenvalue weighted by atomic mass is 9.97. The number of piperidine rings is 1. The lowest BCUT2D eigenvalue weighted by Gasteiger charge is -2.31. The molecular formula is C17H24N2O4. The number of amides is 2. The van der Waals surface area contributed by atoms with Crippen LogP contribution in [0.5, 0.6) is 11.5 Å². The molecular weight excluding hydrogens is 296 g/mol. The van der Waals surface area contributed by atoms with Crippen LogP contribution in [0.25, 0.3) is 0 Å². The van der Waals surface area contributed by atoms with Gasteiger partial charge in [-0.3, -0.25) is 9.59 Å². The highest BCUT2D eigenvalue weighted by Gasteiger charge is 2.26. The number of ether oxygens (including phenoxy) is 2. The minimum Gasteiger partial charge on any atom is -0.497 e. The zero-order valence-corrected chi connectivity index (χ0v) is 13.7. The van der Waals surface area contributed by atoms with Crippen molar-refractivity contribution in [3.63, 3.8) is 0 Å². The van der Waals surface area contributed by atoms with E-state index in [1.54, 1.807) is 25.2 Å². The predicted octanol–water partition coefficient (Wildman–Crippen LogP) is 1.36. The lowest BCUT2D eigenvalue weighted by Crippen LogP contribution is -2.44. The molecule has 1 fully saturated rings. The number of carbonyl (C=O) groups is 2. The van der Waals surface area contributed by atoms with Crippen molar-refractivity contribution >= 4 is 11.8 Å². The van der Waals surface area contributed by atoms with E-state index in [1.165, 1.54) is 0 Å². The maximum atomic E-state index is 12.4. The highest BCUT2D eigenvalue weighted by Crippen LogP contribution is 2.24. The van der Waals surface area contributed by atoms with Crippen molar-refractivity contribution in [2.75, 3.05) is 27.3 Å². The first-order valence-electron chi connectivity index (χ1n) is 7.82. The summed E-state index contributed by atoms with van der Waals surface area (Å²) in [6.45, 7) is 1.14. The molecule has 126 valence electrons. The Labute approximate surface area is 136 Å². The largest absolute Gasteiger partial charge is 0.497 e. The zero-order chi connectivity index (χ0) is 16.8. The first-order chi connectivity index (χ1) is 11.0. The van der Waals surface area contributed by atoms with Crippen molar-refractivity contribution < 1.29 is 19.1 Å². The van der Waals surface area contributed by atoms with E-state index in [9.17, 15) is 9.59 Å². The molecule has 1 unspecified atom stereocenters. The molecule has 0 saturated carbocycles. The molecule has 1 aliphatic heterocycles. The second-order valence-electron chi connectivity index (χ2n) is 5.80. The molecule has 6 heteroatoms. The summed E-state index contributed by atoms with van der Waals surface area (Å²) in [4.78, 5) is 25.4. The second-order valence-corrected chi connectivity index (χ2v) is 5.80. The number of aryl methyl sites for hydroxylation is 1. The Morgan fingerprint density at radius 3 is 2.43 bits per heavy atom. The van der Waals surface area contributed by atoms with E-state index < -0.39 is 0 Å². The number of rotatable bonds is 6. The predicted molar refractivity (Wildman–Crippen MR) is 86.4 cm³/mol. The molecule has 23 heavy (non-hydrogen) atoms. The van der Waals surface area contributed by atoms with E-state index in [0.717, 1.165) is 18.4 Å². The van der Waals surface area contributed by atoms with Crippen molar-refractivity contribution in [1.29, 1.82) is 0 Å². The number of nitrogens with two attached hydrogens (primary N) is 1. The van der Waals surface area contributed by atoms with E-state index in [0.29, 0.717) is 37.4 Å². The van der Waals surface area contributed by atoms with Crippen LogP contribution >= 0.6 is 0 Å². The zero-order valence-electron chi connectivity index (χ0n) is 13.7. The number of likely N-dealkylation sites (tertiary alicyclic amines) is 1. The highest BCUT2D eigenvalue weighted by atomic mass is 16.5. The Hall–Kier alpha value is -2.24. The van der Waals surface area contributed by atoms with Gasteiger partial charge in [-0.05, 0) is 37.0 Å². The van der Waals surface area contributed by atoms with Crippen molar-refractivity contribution in [2.45, 2.75) is 25.7 Å². The minimum atomic E-state index is -0.319. The Morgan fingerprint density at radius 2 is 1.87 bits per heavy atom. The number of carbonyl (C=O) groups excluding carboxylic acids is 2. The van der Waals surface area contributed by atoms with Gasteiger partial charge in [0.15, 0.2) is 0 Å². The Morgan fingerprint density at radius 1 is 1.22 bits per heavy atom. The molecule has 1 atom stereocenters.